The molecular formula is C16H31N3O3. The molecule has 2 rings (SSSR count). The lowest BCUT2D eigenvalue weighted by molar-refractivity contribution is -0.123. The molecule has 0 radical (unpaired) electrons. The normalized spacial score (nSPS) is 23.9. The Morgan fingerprint density at radius 2 is 1.95 bits per heavy atom. The van der Waals surface area contributed by atoms with Crippen molar-refractivity contribution in [2.45, 2.75) is 44.6 Å². The number of hydrogen-bond donors (Lipinski definition) is 3. The first kappa shape index (κ1) is 17.7. The highest BCUT2D eigenvalue weighted by Gasteiger charge is 2.34. The molecule has 6 nitrogen and oxygen atoms in total. The molecule has 4 N–H and O–H groups in total. The van der Waals surface area contributed by atoms with E-state index >= 15 is 0 Å². The van der Waals surface area contributed by atoms with Gasteiger partial charge in [0, 0.05) is 38.1 Å². The Morgan fingerprint density at radius 3 is 2.59 bits per heavy atom. The zero-order chi connectivity index (χ0) is 15.8. The second-order valence-electron chi connectivity index (χ2n) is 6.82. The van der Waals surface area contributed by atoms with Gasteiger partial charge in [0.1, 0.15) is 0 Å². The maximum absolute atomic E-state index is 11.9. The number of rotatable bonds is 7. The van der Waals surface area contributed by atoms with Crippen LogP contribution in [0.5, 0.6) is 0 Å². The minimum absolute atomic E-state index is 0.0927. The van der Waals surface area contributed by atoms with Crippen LogP contribution in [0.1, 0.15) is 38.5 Å². The first-order valence-electron chi connectivity index (χ1n) is 8.58. The summed E-state index contributed by atoms with van der Waals surface area (Å²) in [4.78, 5) is 14.4. The number of nitrogens with two attached hydrogens (primary N) is 1. The summed E-state index contributed by atoms with van der Waals surface area (Å²) < 4.78 is 5.43. The molecule has 22 heavy (non-hydrogen) atoms. The van der Waals surface area contributed by atoms with Gasteiger partial charge in [0.05, 0.1) is 25.7 Å². The molecule has 128 valence electrons. The predicted molar refractivity (Wildman–Crippen MR) is 85.5 cm³/mol. The van der Waals surface area contributed by atoms with Crippen molar-refractivity contribution in [3.05, 3.63) is 0 Å². The van der Waals surface area contributed by atoms with Crippen LogP contribution in [0, 0.1) is 5.41 Å². The number of nitrogens with zero attached hydrogens (tertiary/aromatic N) is 1. The van der Waals surface area contributed by atoms with Gasteiger partial charge in [-0.1, -0.05) is 19.3 Å². The highest BCUT2D eigenvalue weighted by Crippen LogP contribution is 2.36. The van der Waals surface area contributed by atoms with Gasteiger partial charge in [-0.2, -0.15) is 0 Å². The lowest BCUT2D eigenvalue weighted by Crippen LogP contribution is -2.49. The van der Waals surface area contributed by atoms with Gasteiger partial charge < -0.3 is 20.9 Å². The number of aliphatic hydroxyl groups is 1. The Bertz CT molecular complexity index is 340. The van der Waals surface area contributed by atoms with Crippen molar-refractivity contribution in [2.75, 3.05) is 45.9 Å². The van der Waals surface area contributed by atoms with Crippen LogP contribution in [-0.4, -0.2) is 68.0 Å². The molecule has 0 aromatic heterocycles. The molecule has 0 aromatic carbocycles. The zero-order valence-corrected chi connectivity index (χ0v) is 13.6. The molecule has 2 aliphatic rings. The maximum Gasteiger partial charge on any atom is 0.222 e. The molecule has 0 bridgehead atoms. The monoisotopic (exact) mass is 313 g/mol. The van der Waals surface area contributed by atoms with Gasteiger partial charge in [0.2, 0.25) is 5.91 Å². The third-order valence-corrected chi connectivity index (χ3v) is 4.93. The fraction of sp³-hybridized carbons (Fsp3) is 0.938. The number of aliphatic hydroxyl groups excluding tert-OH is 1. The van der Waals surface area contributed by atoms with Gasteiger partial charge in [-0.25, -0.2) is 0 Å². The number of nitrogens with one attached hydrogen (secondary N) is 1. The fourth-order valence-electron chi connectivity index (χ4n) is 3.58. The van der Waals surface area contributed by atoms with Crippen LogP contribution in [0.15, 0.2) is 0 Å². The number of morpholine rings is 1. The van der Waals surface area contributed by atoms with E-state index in [1.165, 1.54) is 32.1 Å². The Kier molecular flexibility index (Phi) is 7.08. The van der Waals surface area contributed by atoms with Crippen molar-refractivity contribution < 1.29 is 14.6 Å². The summed E-state index contributed by atoms with van der Waals surface area (Å²) in [6.45, 7) is 5.47. The molecule has 1 atom stereocenters. The van der Waals surface area contributed by atoms with E-state index in [-0.39, 0.29) is 24.3 Å². The highest BCUT2D eigenvalue weighted by molar-refractivity contribution is 5.76. The predicted octanol–water partition coefficient (Wildman–Crippen LogP) is 0.0950. The van der Waals surface area contributed by atoms with E-state index in [0.717, 1.165) is 32.8 Å². The number of hydrogen-bond acceptors (Lipinski definition) is 5. The van der Waals surface area contributed by atoms with Crippen LogP contribution < -0.4 is 11.1 Å². The minimum Gasteiger partial charge on any atom is -0.391 e. The van der Waals surface area contributed by atoms with E-state index in [4.69, 9.17) is 10.5 Å². The summed E-state index contributed by atoms with van der Waals surface area (Å²) in [7, 11) is 0. The number of ether oxygens (including phenoxy) is 1. The molecule has 1 unspecified atom stereocenters. The van der Waals surface area contributed by atoms with Crippen LogP contribution in [-0.2, 0) is 9.53 Å². The Balaban J connectivity index is 1.86. The molecular weight excluding hydrogens is 282 g/mol. The highest BCUT2D eigenvalue weighted by atomic mass is 16.5. The van der Waals surface area contributed by atoms with Gasteiger partial charge in [-0.05, 0) is 12.8 Å². The Hall–Kier alpha value is -0.690. The molecule has 6 heteroatoms. The summed E-state index contributed by atoms with van der Waals surface area (Å²) in [5.74, 6) is -0.0927. The summed E-state index contributed by atoms with van der Waals surface area (Å²) >= 11 is 0. The topological polar surface area (TPSA) is 87.8 Å². The lowest BCUT2D eigenvalue weighted by atomic mass is 9.73. The van der Waals surface area contributed by atoms with E-state index < -0.39 is 6.10 Å². The van der Waals surface area contributed by atoms with Crippen molar-refractivity contribution in [1.29, 1.82) is 0 Å². The maximum atomic E-state index is 11.9. The second-order valence-corrected chi connectivity index (χ2v) is 6.82. The number of carbonyl (C=O) groups excluding carboxylic acids is 1. The molecule has 1 aliphatic carbocycles. The van der Waals surface area contributed by atoms with E-state index in [9.17, 15) is 9.90 Å². The first-order chi connectivity index (χ1) is 10.6. The SMILES string of the molecule is NCC(O)CC(=O)NCC1(CN2CCOCC2)CCCCC1. The van der Waals surface area contributed by atoms with E-state index in [1.54, 1.807) is 0 Å². The Labute approximate surface area is 133 Å². The van der Waals surface area contributed by atoms with Crippen molar-refractivity contribution >= 4 is 5.91 Å². The largest absolute Gasteiger partial charge is 0.391 e. The van der Waals surface area contributed by atoms with Crippen molar-refractivity contribution in [3.8, 4) is 0 Å². The molecule has 1 amide bonds. The fourth-order valence-corrected chi connectivity index (χ4v) is 3.58. The standard InChI is InChI=1S/C16H31N3O3/c17-11-14(20)10-15(21)18-12-16(4-2-1-3-5-16)13-19-6-8-22-9-7-19/h14,20H,1-13,17H2,(H,18,21). The van der Waals surface area contributed by atoms with Crippen LogP contribution >= 0.6 is 0 Å². The number of carbonyl (C=O) groups is 1. The molecule has 1 saturated carbocycles. The van der Waals surface area contributed by atoms with Crippen LogP contribution in [0.4, 0.5) is 0 Å². The third kappa shape index (κ3) is 5.50. The molecule has 1 saturated heterocycles. The van der Waals surface area contributed by atoms with E-state index in [2.05, 4.69) is 10.2 Å². The van der Waals surface area contributed by atoms with Gasteiger partial charge in [0.25, 0.3) is 0 Å². The average molecular weight is 313 g/mol. The average Bonchev–Trinajstić information content (AvgIpc) is 2.55. The summed E-state index contributed by atoms with van der Waals surface area (Å²) in [5, 5.41) is 12.5. The van der Waals surface area contributed by atoms with Crippen molar-refractivity contribution in [2.24, 2.45) is 11.1 Å². The Morgan fingerprint density at radius 1 is 1.27 bits per heavy atom. The first-order valence-corrected chi connectivity index (χ1v) is 8.58. The second kappa shape index (κ2) is 8.82. The minimum atomic E-state index is -0.735. The number of amides is 1. The summed E-state index contributed by atoms with van der Waals surface area (Å²) in [6.07, 6.45) is 5.49. The van der Waals surface area contributed by atoms with Crippen LogP contribution in [0.2, 0.25) is 0 Å². The van der Waals surface area contributed by atoms with Crippen LogP contribution in [0.25, 0.3) is 0 Å². The lowest BCUT2D eigenvalue weighted by Gasteiger charge is -2.42. The molecule has 1 heterocycles. The summed E-state index contributed by atoms with van der Waals surface area (Å²) in [6, 6.07) is 0. The smallest absolute Gasteiger partial charge is 0.222 e. The van der Waals surface area contributed by atoms with E-state index in [1.807, 2.05) is 0 Å². The molecule has 0 aromatic rings. The zero-order valence-electron chi connectivity index (χ0n) is 13.6. The van der Waals surface area contributed by atoms with Crippen molar-refractivity contribution in [3.63, 3.8) is 0 Å². The third-order valence-electron chi connectivity index (χ3n) is 4.93. The molecule has 1 aliphatic heterocycles. The molecule has 2 fully saturated rings. The van der Waals surface area contributed by atoms with Gasteiger partial charge in [0.15, 0.2) is 0 Å². The van der Waals surface area contributed by atoms with Crippen LogP contribution in [0.3, 0.4) is 0 Å². The van der Waals surface area contributed by atoms with Gasteiger partial charge >= 0.3 is 0 Å². The van der Waals surface area contributed by atoms with Gasteiger partial charge in [-0.15, -0.1) is 0 Å². The van der Waals surface area contributed by atoms with E-state index in [0.29, 0.717) is 6.54 Å². The quantitative estimate of drug-likeness (QED) is 0.620. The summed E-state index contributed by atoms with van der Waals surface area (Å²) in [5.41, 5.74) is 5.54. The van der Waals surface area contributed by atoms with Crippen molar-refractivity contribution in [1.82, 2.24) is 10.2 Å². The van der Waals surface area contributed by atoms with Gasteiger partial charge in [-0.3, -0.25) is 9.69 Å². The molecule has 0 spiro atoms.